The topological polar surface area (TPSA) is 70.2 Å². The normalized spacial score (nSPS) is 25.5. The van der Waals surface area contributed by atoms with E-state index in [1.807, 2.05) is 0 Å². The zero-order valence-electron chi connectivity index (χ0n) is 13.7. The first kappa shape index (κ1) is 16.3. The summed E-state index contributed by atoms with van der Waals surface area (Å²) in [6.07, 6.45) is 5.93. The largest absolute Gasteiger partial charge is 0.345 e. The Bertz CT molecular complexity index is 396. The molecule has 2 fully saturated rings. The van der Waals surface area contributed by atoms with Gasteiger partial charge >= 0.3 is 11.8 Å². The third-order valence-corrected chi connectivity index (χ3v) is 4.42. The molecule has 3 N–H and O–H groups in total. The highest BCUT2D eigenvalue weighted by molar-refractivity contribution is 6.35. The highest BCUT2D eigenvalue weighted by Gasteiger charge is 2.38. The van der Waals surface area contributed by atoms with E-state index < -0.39 is 11.8 Å². The maximum absolute atomic E-state index is 12.1. The van der Waals surface area contributed by atoms with E-state index in [0.717, 1.165) is 38.5 Å². The minimum absolute atomic E-state index is 0.0399. The van der Waals surface area contributed by atoms with E-state index in [0.29, 0.717) is 0 Å². The van der Waals surface area contributed by atoms with Crippen LogP contribution in [-0.4, -0.2) is 35.0 Å². The molecule has 0 aromatic carbocycles. The monoisotopic (exact) mass is 295 g/mol. The van der Waals surface area contributed by atoms with Crippen molar-refractivity contribution in [3.63, 3.8) is 0 Å². The third kappa shape index (κ3) is 4.70. The molecule has 0 aromatic heterocycles. The molecule has 0 bridgehead atoms. The van der Waals surface area contributed by atoms with E-state index in [1.165, 1.54) is 0 Å². The lowest BCUT2D eigenvalue weighted by molar-refractivity contribution is -0.140. The third-order valence-electron chi connectivity index (χ3n) is 4.42. The van der Waals surface area contributed by atoms with Crippen molar-refractivity contribution in [3.8, 4) is 0 Å². The number of hydrogen-bond acceptors (Lipinski definition) is 3. The molecule has 2 aliphatic rings. The highest BCUT2D eigenvalue weighted by atomic mass is 16.2. The Morgan fingerprint density at radius 3 is 1.76 bits per heavy atom. The summed E-state index contributed by atoms with van der Waals surface area (Å²) in [6.45, 7) is 8.52. The second kappa shape index (κ2) is 5.95. The highest BCUT2D eigenvalue weighted by Crippen LogP contribution is 2.28. The summed E-state index contributed by atoms with van der Waals surface area (Å²) in [5.74, 6) is -0.962. The Morgan fingerprint density at radius 1 is 0.857 bits per heavy atom. The van der Waals surface area contributed by atoms with Crippen LogP contribution in [0.4, 0.5) is 0 Å². The quantitative estimate of drug-likeness (QED) is 0.676. The molecule has 0 radical (unpaired) electrons. The molecule has 0 aromatic rings. The van der Waals surface area contributed by atoms with Crippen molar-refractivity contribution in [2.24, 2.45) is 0 Å². The van der Waals surface area contributed by atoms with Gasteiger partial charge in [0.2, 0.25) is 0 Å². The van der Waals surface area contributed by atoms with Crippen LogP contribution >= 0.6 is 0 Å². The smallest absolute Gasteiger partial charge is 0.309 e. The minimum atomic E-state index is -0.486. The summed E-state index contributed by atoms with van der Waals surface area (Å²) in [5, 5.41) is 9.33. The number of nitrogens with one attached hydrogen (secondary N) is 3. The molecule has 1 saturated heterocycles. The standard InChI is InChI=1S/C16H29N3O2/c1-15(2)9-12(10-16(3,4)19-15)18-14(21)13(20)17-11-7-5-6-8-11/h11-12,19H,5-10H2,1-4H3,(H,17,20)(H,18,21). The summed E-state index contributed by atoms with van der Waals surface area (Å²) in [6, 6.07) is 0.224. The van der Waals surface area contributed by atoms with Gasteiger partial charge in [-0.3, -0.25) is 9.59 Å². The lowest BCUT2D eigenvalue weighted by Crippen LogP contribution is -2.63. The molecule has 0 spiro atoms. The zero-order chi connectivity index (χ0) is 15.7. The van der Waals surface area contributed by atoms with E-state index in [1.54, 1.807) is 0 Å². The lowest BCUT2D eigenvalue weighted by atomic mass is 9.79. The second-order valence-electron chi connectivity index (χ2n) is 7.93. The molecule has 2 rings (SSSR count). The van der Waals surface area contributed by atoms with Gasteiger partial charge in [0.15, 0.2) is 0 Å². The van der Waals surface area contributed by atoms with Gasteiger partial charge in [-0.25, -0.2) is 0 Å². The van der Waals surface area contributed by atoms with Crippen molar-refractivity contribution < 1.29 is 9.59 Å². The maximum atomic E-state index is 12.1. The number of carbonyl (C=O) groups is 2. The first-order valence-corrected chi connectivity index (χ1v) is 8.08. The van der Waals surface area contributed by atoms with Gasteiger partial charge in [-0.1, -0.05) is 12.8 Å². The first-order valence-electron chi connectivity index (χ1n) is 8.08. The van der Waals surface area contributed by atoms with E-state index in [2.05, 4.69) is 43.6 Å². The van der Waals surface area contributed by atoms with Crippen LogP contribution in [0.3, 0.4) is 0 Å². The molecule has 21 heavy (non-hydrogen) atoms. The van der Waals surface area contributed by atoms with Gasteiger partial charge in [0.05, 0.1) is 0 Å². The van der Waals surface area contributed by atoms with Crippen LogP contribution in [0.15, 0.2) is 0 Å². The zero-order valence-corrected chi connectivity index (χ0v) is 13.7. The average Bonchev–Trinajstić information content (AvgIpc) is 2.76. The number of carbonyl (C=O) groups excluding carboxylic acids is 2. The van der Waals surface area contributed by atoms with E-state index >= 15 is 0 Å². The van der Waals surface area contributed by atoms with Gasteiger partial charge in [-0.05, 0) is 53.4 Å². The Morgan fingerprint density at radius 2 is 1.29 bits per heavy atom. The van der Waals surface area contributed by atoms with Crippen LogP contribution in [0.2, 0.25) is 0 Å². The average molecular weight is 295 g/mol. The predicted octanol–water partition coefficient (Wildman–Crippen LogP) is 1.47. The van der Waals surface area contributed by atoms with Gasteiger partial charge in [-0.15, -0.1) is 0 Å². The molecule has 120 valence electrons. The van der Waals surface area contributed by atoms with Crippen LogP contribution in [0, 0.1) is 0 Å². The molecule has 1 aliphatic carbocycles. The van der Waals surface area contributed by atoms with Gasteiger partial charge in [0.1, 0.15) is 0 Å². The Labute approximate surface area is 127 Å². The van der Waals surface area contributed by atoms with Crippen molar-refractivity contribution in [2.75, 3.05) is 0 Å². The molecule has 5 heteroatoms. The number of hydrogen-bond donors (Lipinski definition) is 3. The molecule has 1 aliphatic heterocycles. The Kier molecular flexibility index (Phi) is 4.61. The SMILES string of the molecule is CC1(C)CC(NC(=O)C(=O)NC2CCCC2)CC(C)(C)N1. The molecule has 2 amide bonds. The van der Waals surface area contributed by atoms with Crippen molar-refractivity contribution >= 4 is 11.8 Å². The Hall–Kier alpha value is -1.10. The van der Waals surface area contributed by atoms with Crippen LogP contribution in [0.1, 0.15) is 66.2 Å². The van der Waals surface area contributed by atoms with E-state index in [-0.39, 0.29) is 23.2 Å². The summed E-state index contributed by atoms with van der Waals surface area (Å²) < 4.78 is 0. The van der Waals surface area contributed by atoms with Crippen LogP contribution in [-0.2, 0) is 9.59 Å². The fourth-order valence-corrected chi connectivity index (χ4v) is 4.00. The van der Waals surface area contributed by atoms with Crippen molar-refractivity contribution in [3.05, 3.63) is 0 Å². The number of rotatable bonds is 2. The van der Waals surface area contributed by atoms with E-state index in [4.69, 9.17) is 0 Å². The van der Waals surface area contributed by atoms with Crippen LogP contribution in [0.5, 0.6) is 0 Å². The van der Waals surface area contributed by atoms with Crippen molar-refractivity contribution in [2.45, 2.75) is 89.4 Å². The van der Waals surface area contributed by atoms with Gasteiger partial charge in [0, 0.05) is 23.2 Å². The number of piperidine rings is 1. The molecule has 0 unspecified atom stereocenters. The molecule has 1 saturated carbocycles. The molecule has 0 atom stereocenters. The molecular weight excluding hydrogens is 266 g/mol. The fraction of sp³-hybridized carbons (Fsp3) is 0.875. The summed E-state index contributed by atoms with van der Waals surface area (Å²) in [5.41, 5.74) is -0.0801. The second-order valence-corrected chi connectivity index (χ2v) is 7.93. The van der Waals surface area contributed by atoms with Gasteiger partial charge in [0.25, 0.3) is 0 Å². The summed E-state index contributed by atoms with van der Waals surface area (Å²) in [4.78, 5) is 24.0. The van der Waals surface area contributed by atoms with Crippen LogP contribution < -0.4 is 16.0 Å². The molecular formula is C16H29N3O2. The minimum Gasteiger partial charge on any atom is -0.345 e. The first-order chi connectivity index (χ1) is 9.67. The van der Waals surface area contributed by atoms with Crippen LogP contribution in [0.25, 0.3) is 0 Å². The Balaban J connectivity index is 1.87. The summed E-state index contributed by atoms with van der Waals surface area (Å²) >= 11 is 0. The molecule has 1 heterocycles. The van der Waals surface area contributed by atoms with Crippen molar-refractivity contribution in [1.29, 1.82) is 0 Å². The summed E-state index contributed by atoms with van der Waals surface area (Å²) in [7, 11) is 0. The lowest BCUT2D eigenvalue weighted by Gasteiger charge is -2.46. The fourth-order valence-electron chi connectivity index (χ4n) is 4.00. The van der Waals surface area contributed by atoms with Crippen molar-refractivity contribution in [1.82, 2.24) is 16.0 Å². The number of amides is 2. The van der Waals surface area contributed by atoms with E-state index in [9.17, 15) is 9.59 Å². The maximum Gasteiger partial charge on any atom is 0.309 e. The van der Waals surface area contributed by atoms with Gasteiger partial charge < -0.3 is 16.0 Å². The molecule has 5 nitrogen and oxygen atoms in total. The van der Waals surface area contributed by atoms with Gasteiger partial charge in [-0.2, -0.15) is 0 Å². The predicted molar refractivity (Wildman–Crippen MR) is 82.9 cm³/mol.